The Morgan fingerprint density at radius 1 is 1.29 bits per heavy atom. The van der Waals surface area contributed by atoms with E-state index in [9.17, 15) is 13.6 Å². The molecule has 0 heterocycles. The van der Waals surface area contributed by atoms with Crippen LogP contribution < -0.4 is 15.4 Å². The van der Waals surface area contributed by atoms with Crippen LogP contribution >= 0.6 is 0 Å². The lowest BCUT2D eigenvalue weighted by Gasteiger charge is -2.18. The number of anilines is 1. The maximum Gasteiger partial charge on any atom is 0.387 e. The van der Waals surface area contributed by atoms with Gasteiger partial charge >= 0.3 is 12.6 Å². The number of amides is 2. The van der Waals surface area contributed by atoms with Crippen LogP contribution in [0, 0.1) is 0 Å². The van der Waals surface area contributed by atoms with Gasteiger partial charge in [-0.2, -0.15) is 8.78 Å². The Bertz CT molecular complexity index is 440. The summed E-state index contributed by atoms with van der Waals surface area (Å²) in [5, 5.41) is 5.17. The van der Waals surface area contributed by atoms with Crippen LogP contribution in [0.4, 0.5) is 19.3 Å². The Hall–Kier alpha value is -1.89. The summed E-state index contributed by atoms with van der Waals surface area (Å²) in [4.78, 5) is 13.9. The molecular formula is C14H21F2N3O2. The van der Waals surface area contributed by atoms with Crippen LogP contribution in [-0.4, -0.2) is 43.7 Å². The third-order valence-corrected chi connectivity index (χ3v) is 2.96. The Labute approximate surface area is 123 Å². The molecule has 118 valence electrons. The number of carbonyl (C=O) groups is 1. The second kappa shape index (κ2) is 9.12. The number of nitrogens with one attached hydrogen (secondary N) is 2. The van der Waals surface area contributed by atoms with E-state index < -0.39 is 12.6 Å². The monoisotopic (exact) mass is 301 g/mol. The highest BCUT2D eigenvalue weighted by Gasteiger charge is 2.11. The molecule has 7 heteroatoms. The first-order valence-electron chi connectivity index (χ1n) is 6.87. The Morgan fingerprint density at radius 2 is 1.95 bits per heavy atom. The Balaban J connectivity index is 2.47. The minimum absolute atomic E-state index is 0.0635. The number of benzene rings is 1. The van der Waals surface area contributed by atoms with Gasteiger partial charge in [-0.15, -0.1) is 0 Å². The van der Waals surface area contributed by atoms with Crippen LogP contribution in [0.1, 0.15) is 13.8 Å². The van der Waals surface area contributed by atoms with Crippen molar-refractivity contribution < 1.29 is 18.3 Å². The van der Waals surface area contributed by atoms with Crippen molar-refractivity contribution in [1.29, 1.82) is 0 Å². The summed E-state index contributed by atoms with van der Waals surface area (Å²) in [7, 11) is 0. The molecule has 0 saturated carbocycles. The molecule has 2 N–H and O–H groups in total. The standard InChI is InChI=1S/C14H21F2N3O2/c1-3-19(4-2)10-9-17-14(20)18-11-7-5-6-8-12(11)21-13(15)16/h5-8,13H,3-4,9-10H2,1-2H3,(H2,17,18,20). The van der Waals surface area contributed by atoms with Crippen molar-refractivity contribution in [3.63, 3.8) is 0 Å². The topological polar surface area (TPSA) is 53.6 Å². The summed E-state index contributed by atoms with van der Waals surface area (Å²) >= 11 is 0. The molecule has 0 saturated heterocycles. The first kappa shape index (κ1) is 17.2. The number of rotatable bonds is 8. The SMILES string of the molecule is CCN(CC)CCNC(=O)Nc1ccccc1OC(F)F. The fourth-order valence-corrected chi connectivity index (χ4v) is 1.80. The molecule has 0 spiro atoms. The largest absolute Gasteiger partial charge is 0.433 e. The molecule has 0 unspecified atom stereocenters. The van der Waals surface area contributed by atoms with Crippen LogP contribution in [0.3, 0.4) is 0 Å². The molecule has 0 atom stereocenters. The van der Waals surface area contributed by atoms with E-state index in [-0.39, 0.29) is 11.4 Å². The van der Waals surface area contributed by atoms with Gasteiger partial charge in [0.2, 0.25) is 0 Å². The number of alkyl halides is 2. The van der Waals surface area contributed by atoms with Gasteiger partial charge < -0.3 is 20.3 Å². The second-order valence-electron chi connectivity index (χ2n) is 4.28. The number of para-hydroxylation sites is 2. The molecule has 0 bridgehead atoms. The zero-order chi connectivity index (χ0) is 15.7. The van der Waals surface area contributed by atoms with Gasteiger partial charge in [-0.05, 0) is 25.2 Å². The van der Waals surface area contributed by atoms with Crippen molar-refractivity contribution in [3.05, 3.63) is 24.3 Å². The van der Waals surface area contributed by atoms with Gasteiger partial charge in [-0.25, -0.2) is 4.79 Å². The van der Waals surface area contributed by atoms with Gasteiger partial charge in [0.15, 0.2) is 0 Å². The maximum atomic E-state index is 12.3. The second-order valence-corrected chi connectivity index (χ2v) is 4.28. The number of hydrogen-bond acceptors (Lipinski definition) is 3. The lowest BCUT2D eigenvalue weighted by atomic mass is 10.3. The van der Waals surface area contributed by atoms with Crippen LogP contribution in [0.5, 0.6) is 5.75 Å². The number of urea groups is 1. The normalized spacial score (nSPS) is 10.8. The Kier molecular flexibility index (Phi) is 7.45. The van der Waals surface area contributed by atoms with Gasteiger partial charge in [0.1, 0.15) is 5.75 Å². The Morgan fingerprint density at radius 3 is 2.57 bits per heavy atom. The van der Waals surface area contributed by atoms with Gasteiger partial charge in [0.05, 0.1) is 5.69 Å². The summed E-state index contributed by atoms with van der Waals surface area (Å²) < 4.78 is 28.8. The van der Waals surface area contributed by atoms with E-state index in [0.29, 0.717) is 6.54 Å². The molecular weight excluding hydrogens is 280 g/mol. The maximum absolute atomic E-state index is 12.3. The molecule has 21 heavy (non-hydrogen) atoms. The average molecular weight is 301 g/mol. The van der Waals surface area contributed by atoms with Crippen molar-refractivity contribution in [1.82, 2.24) is 10.2 Å². The van der Waals surface area contributed by atoms with Gasteiger partial charge in [-0.1, -0.05) is 26.0 Å². The molecule has 0 aromatic heterocycles. The van der Waals surface area contributed by atoms with Gasteiger partial charge in [0.25, 0.3) is 0 Å². The van der Waals surface area contributed by atoms with Crippen molar-refractivity contribution in [2.75, 3.05) is 31.5 Å². The van der Waals surface area contributed by atoms with Crippen LogP contribution in [0.2, 0.25) is 0 Å². The highest BCUT2D eigenvalue weighted by molar-refractivity contribution is 5.90. The van der Waals surface area contributed by atoms with E-state index in [1.165, 1.54) is 12.1 Å². The van der Waals surface area contributed by atoms with E-state index in [1.54, 1.807) is 12.1 Å². The summed E-state index contributed by atoms with van der Waals surface area (Å²) in [5.41, 5.74) is 0.207. The molecule has 5 nitrogen and oxygen atoms in total. The fraction of sp³-hybridized carbons (Fsp3) is 0.500. The molecule has 1 aromatic rings. The van der Waals surface area contributed by atoms with E-state index in [1.807, 2.05) is 13.8 Å². The van der Waals surface area contributed by atoms with Crippen molar-refractivity contribution in [2.45, 2.75) is 20.5 Å². The summed E-state index contributed by atoms with van der Waals surface area (Å²) in [6.07, 6.45) is 0. The van der Waals surface area contributed by atoms with Crippen LogP contribution in [0.25, 0.3) is 0 Å². The van der Waals surface area contributed by atoms with Crippen LogP contribution in [-0.2, 0) is 0 Å². The molecule has 0 fully saturated rings. The summed E-state index contributed by atoms with van der Waals surface area (Å²) in [6, 6.07) is 5.61. The number of hydrogen-bond donors (Lipinski definition) is 2. The smallest absolute Gasteiger partial charge is 0.387 e. The van der Waals surface area contributed by atoms with E-state index in [2.05, 4.69) is 20.3 Å². The van der Waals surface area contributed by atoms with E-state index in [4.69, 9.17) is 0 Å². The number of carbonyl (C=O) groups excluding carboxylic acids is 1. The quantitative estimate of drug-likeness (QED) is 0.776. The van der Waals surface area contributed by atoms with E-state index >= 15 is 0 Å². The number of ether oxygens (including phenoxy) is 1. The van der Waals surface area contributed by atoms with E-state index in [0.717, 1.165) is 19.6 Å². The molecule has 2 amide bonds. The predicted molar refractivity (Wildman–Crippen MR) is 77.9 cm³/mol. The molecule has 0 aliphatic carbocycles. The third kappa shape index (κ3) is 6.40. The number of halogens is 2. The first-order valence-corrected chi connectivity index (χ1v) is 6.87. The molecule has 1 aromatic carbocycles. The lowest BCUT2D eigenvalue weighted by molar-refractivity contribution is -0.0493. The summed E-state index contributed by atoms with van der Waals surface area (Å²) in [5.74, 6) is -0.0635. The molecule has 0 aliphatic rings. The minimum atomic E-state index is -2.93. The third-order valence-electron chi connectivity index (χ3n) is 2.96. The van der Waals surface area contributed by atoms with Gasteiger partial charge in [-0.3, -0.25) is 0 Å². The molecule has 0 radical (unpaired) electrons. The molecule has 1 rings (SSSR count). The summed E-state index contributed by atoms with van der Waals surface area (Å²) in [6.45, 7) is 4.18. The zero-order valence-electron chi connectivity index (χ0n) is 12.2. The number of likely N-dealkylation sites (N-methyl/N-ethyl adjacent to an activating group) is 1. The molecule has 0 aliphatic heterocycles. The fourth-order valence-electron chi connectivity index (χ4n) is 1.80. The first-order chi connectivity index (χ1) is 10.1. The highest BCUT2D eigenvalue weighted by atomic mass is 19.3. The van der Waals surface area contributed by atoms with Gasteiger partial charge in [0, 0.05) is 13.1 Å². The average Bonchev–Trinajstić information content (AvgIpc) is 2.45. The van der Waals surface area contributed by atoms with Crippen molar-refractivity contribution in [3.8, 4) is 5.75 Å². The predicted octanol–water partition coefficient (Wildman–Crippen LogP) is 2.75. The number of nitrogens with zero attached hydrogens (tertiary/aromatic N) is 1. The van der Waals surface area contributed by atoms with Crippen molar-refractivity contribution in [2.24, 2.45) is 0 Å². The highest BCUT2D eigenvalue weighted by Crippen LogP contribution is 2.25. The zero-order valence-corrected chi connectivity index (χ0v) is 12.2. The minimum Gasteiger partial charge on any atom is -0.433 e. The van der Waals surface area contributed by atoms with Crippen molar-refractivity contribution >= 4 is 11.7 Å². The van der Waals surface area contributed by atoms with Crippen LogP contribution in [0.15, 0.2) is 24.3 Å². The lowest BCUT2D eigenvalue weighted by Crippen LogP contribution is -2.37.